The van der Waals surface area contributed by atoms with Gasteiger partial charge in [-0.15, -0.1) is 0 Å². The van der Waals surface area contributed by atoms with E-state index >= 15 is 0 Å². The Morgan fingerprint density at radius 1 is 1.19 bits per heavy atom. The minimum atomic E-state index is -0.725. The molecule has 2 aliphatic rings. The van der Waals surface area contributed by atoms with Crippen molar-refractivity contribution in [3.8, 4) is 5.75 Å². The molecule has 1 aromatic rings. The number of hydrogen-bond acceptors (Lipinski definition) is 4. The van der Waals surface area contributed by atoms with Gasteiger partial charge in [-0.1, -0.05) is 19.1 Å². The van der Waals surface area contributed by atoms with Gasteiger partial charge < -0.3 is 20.3 Å². The van der Waals surface area contributed by atoms with E-state index in [1.54, 1.807) is 29.2 Å². The highest BCUT2D eigenvalue weighted by molar-refractivity contribution is 5.96. The molecule has 146 valence electrons. The minimum absolute atomic E-state index is 0.0685. The predicted molar refractivity (Wildman–Crippen MR) is 100 cm³/mol. The molecule has 2 aliphatic heterocycles. The molecule has 2 N–H and O–H groups in total. The molecule has 2 heterocycles. The van der Waals surface area contributed by atoms with E-state index in [4.69, 9.17) is 10.5 Å². The van der Waals surface area contributed by atoms with Crippen molar-refractivity contribution in [2.45, 2.75) is 44.6 Å². The molecule has 0 aliphatic carbocycles. The maximum Gasteiger partial charge on any atom is 0.261 e. The lowest BCUT2D eigenvalue weighted by molar-refractivity contribution is -0.156. The molecule has 0 aromatic heterocycles. The van der Waals surface area contributed by atoms with E-state index in [2.05, 4.69) is 6.92 Å². The molecule has 2 fully saturated rings. The number of carbonyl (C=O) groups is 3. The number of carbonyl (C=O) groups excluding carboxylic acids is 3. The first-order valence-corrected chi connectivity index (χ1v) is 9.61. The Kier molecular flexibility index (Phi) is 5.68. The molecule has 7 heteroatoms. The van der Waals surface area contributed by atoms with Gasteiger partial charge in [0.15, 0.2) is 6.61 Å². The lowest BCUT2D eigenvalue weighted by Crippen LogP contribution is -2.62. The van der Waals surface area contributed by atoms with Crippen molar-refractivity contribution in [2.24, 2.45) is 5.73 Å². The number of rotatable bonds is 6. The third-order valence-corrected chi connectivity index (χ3v) is 5.49. The summed E-state index contributed by atoms with van der Waals surface area (Å²) in [5, 5.41) is 0. The van der Waals surface area contributed by atoms with Gasteiger partial charge in [0, 0.05) is 19.6 Å². The van der Waals surface area contributed by atoms with Gasteiger partial charge in [0.2, 0.25) is 5.91 Å². The van der Waals surface area contributed by atoms with Gasteiger partial charge in [-0.2, -0.15) is 0 Å². The molecule has 1 aromatic carbocycles. The first kappa shape index (κ1) is 19.2. The first-order valence-electron chi connectivity index (χ1n) is 9.61. The van der Waals surface area contributed by atoms with Crippen LogP contribution in [0, 0.1) is 0 Å². The van der Waals surface area contributed by atoms with E-state index in [0.717, 1.165) is 32.4 Å². The summed E-state index contributed by atoms with van der Waals surface area (Å²) in [7, 11) is 0. The number of likely N-dealkylation sites (tertiary alicyclic amines) is 2. The fourth-order valence-corrected chi connectivity index (χ4v) is 4.29. The lowest BCUT2D eigenvalue weighted by atomic mass is 9.85. The molecule has 0 radical (unpaired) electrons. The number of ether oxygens (including phenoxy) is 1. The van der Waals surface area contributed by atoms with Gasteiger partial charge in [0.25, 0.3) is 11.8 Å². The van der Waals surface area contributed by atoms with Crippen LogP contribution in [0.1, 0.15) is 49.4 Å². The quantitative estimate of drug-likeness (QED) is 0.819. The van der Waals surface area contributed by atoms with Crippen molar-refractivity contribution in [2.75, 3.05) is 26.2 Å². The fraction of sp³-hybridized carbons (Fsp3) is 0.550. The molecule has 3 rings (SSSR count). The van der Waals surface area contributed by atoms with Gasteiger partial charge in [0.1, 0.15) is 11.3 Å². The average molecular weight is 373 g/mol. The van der Waals surface area contributed by atoms with Crippen molar-refractivity contribution in [3.05, 3.63) is 29.8 Å². The van der Waals surface area contributed by atoms with Crippen LogP contribution in [0.5, 0.6) is 5.75 Å². The van der Waals surface area contributed by atoms with E-state index in [1.807, 2.05) is 4.90 Å². The molecule has 1 spiro atoms. The summed E-state index contributed by atoms with van der Waals surface area (Å²) in [4.78, 5) is 41.1. The third-order valence-electron chi connectivity index (χ3n) is 5.49. The molecule has 7 nitrogen and oxygen atoms in total. The van der Waals surface area contributed by atoms with Crippen LogP contribution in [0.15, 0.2) is 24.3 Å². The molecule has 0 bridgehead atoms. The van der Waals surface area contributed by atoms with Crippen LogP contribution < -0.4 is 10.5 Å². The Balaban J connectivity index is 1.73. The van der Waals surface area contributed by atoms with Crippen molar-refractivity contribution >= 4 is 17.7 Å². The summed E-state index contributed by atoms with van der Waals surface area (Å²) in [6.07, 6.45) is 4.03. The van der Waals surface area contributed by atoms with Crippen molar-refractivity contribution in [1.82, 2.24) is 9.80 Å². The van der Waals surface area contributed by atoms with Crippen LogP contribution in [-0.4, -0.2) is 59.3 Å². The zero-order valence-corrected chi connectivity index (χ0v) is 15.8. The van der Waals surface area contributed by atoms with Crippen molar-refractivity contribution < 1.29 is 19.1 Å². The Bertz CT molecular complexity index is 734. The van der Waals surface area contributed by atoms with Crippen molar-refractivity contribution in [3.63, 3.8) is 0 Å². The lowest BCUT2D eigenvalue weighted by Gasteiger charge is -2.44. The zero-order chi connectivity index (χ0) is 19.4. The van der Waals surface area contributed by atoms with Gasteiger partial charge in [-0.3, -0.25) is 14.4 Å². The Hall–Kier alpha value is -2.57. The maximum atomic E-state index is 13.1. The Morgan fingerprint density at radius 3 is 2.59 bits per heavy atom. The average Bonchev–Trinajstić information content (AvgIpc) is 3.08. The zero-order valence-electron chi connectivity index (χ0n) is 15.8. The minimum Gasteiger partial charge on any atom is -0.483 e. The number of para-hydroxylation sites is 1. The Morgan fingerprint density at radius 2 is 1.89 bits per heavy atom. The van der Waals surface area contributed by atoms with Gasteiger partial charge in [0.05, 0.1) is 5.56 Å². The number of primary amides is 1. The number of benzene rings is 1. The third kappa shape index (κ3) is 3.63. The first-order chi connectivity index (χ1) is 13.0. The number of nitrogens with zero attached hydrogens (tertiary/aromatic N) is 2. The molecular weight excluding hydrogens is 346 g/mol. The number of amides is 3. The standard InChI is InChI=1S/C20H27N3O4/c1-2-11-22-12-5-9-20(19(22)26)10-6-13-23(20)17(24)14-27-16-8-4-3-7-15(16)18(21)25/h3-4,7-8H,2,5-6,9-14H2,1H3,(H2,21,25). The van der Waals surface area contributed by atoms with Crippen LogP contribution in [-0.2, 0) is 9.59 Å². The fourth-order valence-electron chi connectivity index (χ4n) is 4.29. The highest BCUT2D eigenvalue weighted by atomic mass is 16.5. The van der Waals surface area contributed by atoms with Crippen LogP contribution in [0.3, 0.4) is 0 Å². The highest BCUT2D eigenvalue weighted by Gasteiger charge is 2.52. The second-order valence-electron chi connectivity index (χ2n) is 7.23. The smallest absolute Gasteiger partial charge is 0.261 e. The molecule has 0 saturated carbocycles. The van der Waals surface area contributed by atoms with E-state index in [9.17, 15) is 14.4 Å². The molecule has 1 atom stereocenters. The van der Waals surface area contributed by atoms with E-state index < -0.39 is 11.4 Å². The monoisotopic (exact) mass is 373 g/mol. The largest absolute Gasteiger partial charge is 0.483 e. The molecule has 1 unspecified atom stereocenters. The molecule has 2 saturated heterocycles. The van der Waals surface area contributed by atoms with Crippen LogP contribution in [0.25, 0.3) is 0 Å². The van der Waals surface area contributed by atoms with E-state index in [0.29, 0.717) is 19.4 Å². The number of nitrogens with two attached hydrogens (primary N) is 1. The van der Waals surface area contributed by atoms with Crippen molar-refractivity contribution in [1.29, 1.82) is 0 Å². The van der Waals surface area contributed by atoms with E-state index in [-0.39, 0.29) is 29.7 Å². The van der Waals surface area contributed by atoms with Gasteiger partial charge >= 0.3 is 0 Å². The predicted octanol–water partition coefficient (Wildman–Crippen LogP) is 1.56. The summed E-state index contributed by atoms with van der Waals surface area (Å²) in [6.45, 7) is 3.89. The number of piperidine rings is 1. The molecule has 3 amide bonds. The maximum absolute atomic E-state index is 13.1. The highest BCUT2D eigenvalue weighted by Crippen LogP contribution is 2.38. The van der Waals surface area contributed by atoms with Crippen LogP contribution in [0.4, 0.5) is 0 Å². The summed E-state index contributed by atoms with van der Waals surface area (Å²) < 4.78 is 5.60. The normalized spacial score (nSPS) is 22.3. The summed E-state index contributed by atoms with van der Waals surface area (Å²) >= 11 is 0. The SMILES string of the molecule is CCCN1CCCC2(CCCN2C(=O)COc2ccccc2C(N)=O)C1=O. The second-order valence-corrected chi connectivity index (χ2v) is 7.23. The van der Waals surface area contributed by atoms with Gasteiger partial charge in [-0.05, 0) is 44.2 Å². The molecule has 27 heavy (non-hydrogen) atoms. The Labute approximate surface area is 159 Å². The second kappa shape index (κ2) is 7.98. The van der Waals surface area contributed by atoms with E-state index in [1.165, 1.54) is 0 Å². The number of hydrogen-bond donors (Lipinski definition) is 1. The van der Waals surface area contributed by atoms with Gasteiger partial charge in [-0.25, -0.2) is 0 Å². The van der Waals surface area contributed by atoms with Crippen LogP contribution in [0.2, 0.25) is 0 Å². The summed E-state index contributed by atoms with van der Waals surface area (Å²) in [6, 6.07) is 6.58. The summed E-state index contributed by atoms with van der Waals surface area (Å²) in [5.74, 6) is -0.472. The summed E-state index contributed by atoms with van der Waals surface area (Å²) in [5.41, 5.74) is 4.87. The van der Waals surface area contributed by atoms with Crippen LogP contribution >= 0.6 is 0 Å². The topological polar surface area (TPSA) is 92.9 Å². The molecular formula is C20H27N3O4.